The third-order valence-corrected chi connectivity index (χ3v) is 6.80. The maximum atomic E-state index is 13.8. The Bertz CT molecular complexity index is 1150. The Labute approximate surface area is 210 Å². The summed E-state index contributed by atoms with van der Waals surface area (Å²) in [5.41, 5.74) is 3.44. The number of rotatable bonds is 9. The zero-order valence-corrected chi connectivity index (χ0v) is 23.0. The number of benzene rings is 2. The van der Waals surface area contributed by atoms with Crippen LogP contribution < -0.4 is 9.62 Å². The fourth-order valence-corrected chi connectivity index (χ4v) is 5.12. The quantitative estimate of drug-likeness (QED) is 0.560. The predicted octanol–water partition coefficient (Wildman–Crippen LogP) is 4.10. The van der Waals surface area contributed by atoms with E-state index in [2.05, 4.69) is 5.32 Å². The SMILES string of the molecule is CCC(C(=O)NC(C)(C)C)N(Cc1cccc(C)c1)C(=O)CN(c1c(C)cccc1C)S(C)(=O)=O. The van der Waals surface area contributed by atoms with Gasteiger partial charge in [-0.1, -0.05) is 55.0 Å². The minimum atomic E-state index is -3.77. The number of carbonyl (C=O) groups is 2. The van der Waals surface area contributed by atoms with Gasteiger partial charge in [-0.25, -0.2) is 8.42 Å². The molecular weight excluding hydrogens is 462 g/mol. The first-order valence-electron chi connectivity index (χ1n) is 11.8. The van der Waals surface area contributed by atoms with Gasteiger partial charge in [0.2, 0.25) is 21.8 Å². The number of hydrogen-bond acceptors (Lipinski definition) is 4. The molecule has 0 bridgehead atoms. The van der Waals surface area contributed by atoms with Gasteiger partial charge in [-0.2, -0.15) is 0 Å². The van der Waals surface area contributed by atoms with Crippen LogP contribution in [0.4, 0.5) is 5.69 Å². The van der Waals surface area contributed by atoms with E-state index in [4.69, 9.17) is 0 Å². The molecule has 0 saturated carbocycles. The summed E-state index contributed by atoms with van der Waals surface area (Å²) in [4.78, 5) is 28.5. The second-order valence-corrected chi connectivity index (χ2v) is 12.1. The van der Waals surface area contributed by atoms with Gasteiger partial charge in [0.05, 0.1) is 11.9 Å². The Kier molecular flexibility index (Phi) is 9.11. The zero-order valence-electron chi connectivity index (χ0n) is 22.2. The lowest BCUT2D eigenvalue weighted by Gasteiger charge is -2.35. The Morgan fingerprint density at radius 1 is 1.00 bits per heavy atom. The van der Waals surface area contributed by atoms with Crippen LogP contribution in [0.5, 0.6) is 0 Å². The van der Waals surface area contributed by atoms with Crippen molar-refractivity contribution in [3.05, 3.63) is 64.7 Å². The van der Waals surface area contributed by atoms with Crippen LogP contribution in [0.25, 0.3) is 0 Å². The highest BCUT2D eigenvalue weighted by Crippen LogP contribution is 2.27. The molecule has 0 spiro atoms. The van der Waals surface area contributed by atoms with E-state index >= 15 is 0 Å². The van der Waals surface area contributed by atoms with Crippen molar-refractivity contribution in [2.45, 2.75) is 73.0 Å². The fraction of sp³-hybridized carbons (Fsp3) is 0.481. The highest BCUT2D eigenvalue weighted by molar-refractivity contribution is 7.92. The van der Waals surface area contributed by atoms with Crippen LogP contribution in [0.2, 0.25) is 0 Å². The summed E-state index contributed by atoms with van der Waals surface area (Å²) < 4.78 is 26.8. The molecule has 1 unspecified atom stereocenters. The van der Waals surface area contributed by atoms with Gasteiger partial charge in [-0.05, 0) is 64.7 Å². The van der Waals surface area contributed by atoms with Crippen LogP contribution in [0.15, 0.2) is 42.5 Å². The number of hydrogen-bond donors (Lipinski definition) is 1. The van der Waals surface area contributed by atoms with Gasteiger partial charge in [0.1, 0.15) is 12.6 Å². The van der Waals surface area contributed by atoms with Gasteiger partial charge >= 0.3 is 0 Å². The van der Waals surface area contributed by atoms with Crippen molar-refractivity contribution in [1.82, 2.24) is 10.2 Å². The summed E-state index contributed by atoms with van der Waals surface area (Å²) in [5.74, 6) is -0.700. The molecule has 35 heavy (non-hydrogen) atoms. The van der Waals surface area contributed by atoms with E-state index in [1.54, 1.807) is 0 Å². The minimum Gasteiger partial charge on any atom is -0.350 e. The Morgan fingerprint density at radius 3 is 2.06 bits per heavy atom. The average molecular weight is 502 g/mol. The number of aryl methyl sites for hydroxylation is 3. The van der Waals surface area contributed by atoms with Gasteiger partial charge in [-0.3, -0.25) is 13.9 Å². The molecule has 2 rings (SSSR count). The number of anilines is 1. The molecule has 7 nitrogen and oxygen atoms in total. The molecule has 0 heterocycles. The van der Waals surface area contributed by atoms with Gasteiger partial charge in [-0.15, -0.1) is 0 Å². The van der Waals surface area contributed by atoms with E-state index in [0.29, 0.717) is 12.1 Å². The van der Waals surface area contributed by atoms with Gasteiger partial charge in [0.15, 0.2) is 0 Å². The summed E-state index contributed by atoms with van der Waals surface area (Å²) in [6, 6.07) is 12.5. The van der Waals surface area contributed by atoms with Crippen molar-refractivity contribution in [3.8, 4) is 0 Å². The Morgan fingerprint density at radius 2 is 1.57 bits per heavy atom. The van der Waals surface area contributed by atoms with E-state index in [0.717, 1.165) is 32.8 Å². The van der Waals surface area contributed by atoms with E-state index in [9.17, 15) is 18.0 Å². The third kappa shape index (κ3) is 7.82. The third-order valence-electron chi connectivity index (χ3n) is 5.69. The zero-order chi connectivity index (χ0) is 26.6. The first-order valence-corrected chi connectivity index (χ1v) is 13.7. The van der Waals surface area contributed by atoms with Crippen molar-refractivity contribution < 1.29 is 18.0 Å². The molecule has 1 atom stereocenters. The Hall–Kier alpha value is -2.87. The van der Waals surface area contributed by atoms with Crippen LogP contribution in [0, 0.1) is 20.8 Å². The summed E-state index contributed by atoms with van der Waals surface area (Å²) in [6.45, 7) is 12.9. The molecule has 2 aromatic rings. The van der Waals surface area contributed by atoms with Crippen LogP contribution >= 0.6 is 0 Å². The predicted molar refractivity (Wildman–Crippen MR) is 142 cm³/mol. The van der Waals surface area contributed by atoms with E-state index in [1.165, 1.54) is 4.90 Å². The van der Waals surface area contributed by atoms with Crippen molar-refractivity contribution in [2.24, 2.45) is 0 Å². The van der Waals surface area contributed by atoms with Gasteiger partial charge in [0.25, 0.3) is 0 Å². The van der Waals surface area contributed by atoms with Crippen molar-refractivity contribution in [1.29, 1.82) is 0 Å². The molecule has 0 radical (unpaired) electrons. The highest BCUT2D eigenvalue weighted by atomic mass is 32.2. The maximum absolute atomic E-state index is 13.8. The molecule has 0 fully saturated rings. The smallest absolute Gasteiger partial charge is 0.244 e. The monoisotopic (exact) mass is 501 g/mol. The molecule has 8 heteroatoms. The maximum Gasteiger partial charge on any atom is 0.244 e. The van der Waals surface area contributed by atoms with Crippen molar-refractivity contribution in [3.63, 3.8) is 0 Å². The molecule has 0 aliphatic rings. The highest BCUT2D eigenvalue weighted by Gasteiger charge is 2.33. The molecule has 2 aromatic carbocycles. The van der Waals surface area contributed by atoms with Crippen molar-refractivity contribution >= 4 is 27.5 Å². The van der Waals surface area contributed by atoms with Crippen LogP contribution in [0.1, 0.15) is 56.4 Å². The number of nitrogens with zero attached hydrogens (tertiary/aromatic N) is 2. The number of sulfonamides is 1. The second-order valence-electron chi connectivity index (χ2n) is 10.2. The summed E-state index contributed by atoms with van der Waals surface area (Å²) in [6.07, 6.45) is 1.49. The largest absolute Gasteiger partial charge is 0.350 e. The normalized spacial score (nSPS) is 12.7. The topological polar surface area (TPSA) is 86.8 Å². The van der Waals surface area contributed by atoms with Gasteiger partial charge < -0.3 is 10.2 Å². The van der Waals surface area contributed by atoms with Crippen LogP contribution in [-0.2, 0) is 26.2 Å². The van der Waals surface area contributed by atoms with Crippen LogP contribution in [0.3, 0.4) is 0 Å². The number of carbonyl (C=O) groups excluding carboxylic acids is 2. The fourth-order valence-electron chi connectivity index (χ4n) is 4.15. The summed E-state index contributed by atoms with van der Waals surface area (Å²) in [5, 5.41) is 2.97. The molecule has 0 aromatic heterocycles. The number of amides is 2. The molecular formula is C27H39N3O4S. The van der Waals surface area contributed by atoms with Crippen LogP contribution in [-0.4, -0.2) is 49.5 Å². The lowest BCUT2D eigenvalue weighted by Crippen LogP contribution is -2.55. The first-order chi connectivity index (χ1) is 16.1. The lowest BCUT2D eigenvalue weighted by atomic mass is 10.0. The number of nitrogens with one attached hydrogen (secondary N) is 1. The number of para-hydroxylation sites is 1. The second kappa shape index (κ2) is 11.2. The minimum absolute atomic E-state index is 0.195. The van der Waals surface area contributed by atoms with E-state index in [-0.39, 0.29) is 12.5 Å². The Balaban J connectivity index is 2.52. The van der Waals surface area contributed by atoms with E-state index < -0.39 is 34.1 Å². The molecule has 1 N–H and O–H groups in total. The standard InChI is InChI=1S/C27H39N3O4S/c1-9-23(26(32)28-27(5,6)7)29(17-22-15-10-12-19(2)16-22)24(31)18-30(35(8,33)34)25-20(3)13-11-14-21(25)4/h10-16,23H,9,17-18H2,1-8H3,(H,28,32). The lowest BCUT2D eigenvalue weighted by molar-refractivity contribution is -0.141. The molecule has 0 aliphatic heterocycles. The average Bonchev–Trinajstić information content (AvgIpc) is 2.70. The van der Waals surface area contributed by atoms with Crippen molar-refractivity contribution in [2.75, 3.05) is 17.1 Å². The first kappa shape index (κ1) is 28.4. The molecule has 2 amide bonds. The molecule has 0 aliphatic carbocycles. The molecule has 192 valence electrons. The van der Waals surface area contributed by atoms with Gasteiger partial charge in [0, 0.05) is 12.1 Å². The van der Waals surface area contributed by atoms with E-state index in [1.807, 2.05) is 90.9 Å². The summed E-state index contributed by atoms with van der Waals surface area (Å²) >= 11 is 0. The summed E-state index contributed by atoms with van der Waals surface area (Å²) in [7, 11) is -3.77. The molecule has 0 saturated heterocycles.